The Morgan fingerprint density at radius 3 is 2.43 bits per heavy atom. The van der Waals surface area contributed by atoms with Gasteiger partial charge < -0.3 is 18.9 Å². The van der Waals surface area contributed by atoms with Crippen molar-refractivity contribution in [3.63, 3.8) is 0 Å². The van der Waals surface area contributed by atoms with E-state index in [0.717, 1.165) is 6.42 Å². The van der Waals surface area contributed by atoms with Crippen LogP contribution in [0.3, 0.4) is 0 Å². The SMILES string of the molecule is COC(=O)c1ccc(CO[C@@]2(C(F)(F)F)O[C@@H]3O[C@@]4(C)CC[C@H]5[C@H](C)CC[C@@H]([C@H]2C)[C@@]35OO4)cc1. The number of benzene rings is 1. The summed E-state index contributed by atoms with van der Waals surface area (Å²) < 4.78 is 66.7. The smallest absolute Gasteiger partial charge is 0.443 e. The molecule has 0 aromatic heterocycles. The molecule has 10 heteroatoms. The van der Waals surface area contributed by atoms with E-state index in [1.54, 1.807) is 6.92 Å². The number of rotatable bonds is 4. The van der Waals surface area contributed by atoms with Crippen LogP contribution in [0.5, 0.6) is 0 Å². The largest absolute Gasteiger partial charge is 0.465 e. The third-order valence-corrected chi connectivity index (χ3v) is 8.48. The molecule has 35 heavy (non-hydrogen) atoms. The lowest BCUT2D eigenvalue weighted by molar-refractivity contribution is -0.599. The number of ether oxygens (including phenoxy) is 4. The average Bonchev–Trinajstić information content (AvgIpc) is 3.05. The molecule has 5 aliphatic rings. The number of alkyl halides is 3. The molecule has 0 radical (unpaired) electrons. The number of esters is 1. The summed E-state index contributed by atoms with van der Waals surface area (Å²) in [5.74, 6) is -6.09. The van der Waals surface area contributed by atoms with Gasteiger partial charge in [0.05, 0.1) is 19.3 Å². The van der Waals surface area contributed by atoms with Crippen molar-refractivity contribution in [3.8, 4) is 0 Å². The minimum absolute atomic E-state index is 0.0601. The second kappa shape index (κ2) is 8.41. The Bertz CT molecular complexity index is 969. The number of halogens is 3. The molecule has 0 amide bonds. The Morgan fingerprint density at radius 2 is 1.77 bits per heavy atom. The standard InChI is InChI=1S/C25H31F3O7/c1-14-5-10-19-15(2)24(25(26,27)28,31-13-16-6-8-17(9-7-16)20(29)30-4)33-21-23(19)18(14)11-12-22(3,32-21)34-35-23/h6-9,14-15,18-19,21H,5,10-13H2,1-4H3/t14-,15-,18+,19+,21+,22-,23-,24-/m1/s1. The first-order valence-corrected chi connectivity index (χ1v) is 12.1. The van der Waals surface area contributed by atoms with E-state index >= 15 is 0 Å². The molecule has 194 valence electrons. The Kier molecular flexibility index (Phi) is 6.00. The number of hydrogen-bond donors (Lipinski definition) is 0. The molecule has 8 atom stereocenters. The predicted octanol–water partition coefficient (Wildman–Crippen LogP) is 5.13. The van der Waals surface area contributed by atoms with Crippen LogP contribution < -0.4 is 0 Å². The van der Waals surface area contributed by atoms with Crippen LogP contribution in [-0.4, -0.2) is 42.7 Å². The van der Waals surface area contributed by atoms with Gasteiger partial charge in [-0.2, -0.15) is 13.2 Å². The van der Waals surface area contributed by atoms with Crippen molar-refractivity contribution < 1.29 is 46.7 Å². The summed E-state index contributed by atoms with van der Waals surface area (Å²) in [4.78, 5) is 23.3. The summed E-state index contributed by atoms with van der Waals surface area (Å²) in [6, 6.07) is 6.03. The van der Waals surface area contributed by atoms with Crippen LogP contribution in [0.25, 0.3) is 0 Å². The summed E-state index contributed by atoms with van der Waals surface area (Å²) >= 11 is 0. The van der Waals surface area contributed by atoms with E-state index < -0.39 is 47.4 Å². The van der Waals surface area contributed by atoms with E-state index in [-0.39, 0.29) is 18.4 Å². The highest BCUT2D eigenvalue weighted by Gasteiger charge is 2.77. The quantitative estimate of drug-likeness (QED) is 0.419. The number of fused-ring (bicyclic) bond motifs is 2. The molecule has 1 aromatic carbocycles. The molecule has 2 bridgehead atoms. The zero-order valence-corrected chi connectivity index (χ0v) is 20.2. The van der Waals surface area contributed by atoms with Gasteiger partial charge in [0, 0.05) is 18.3 Å². The zero-order valence-electron chi connectivity index (χ0n) is 20.2. The van der Waals surface area contributed by atoms with Gasteiger partial charge in [-0.15, -0.1) is 0 Å². The first-order valence-electron chi connectivity index (χ1n) is 12.1. The molecule has 4 saturated heterocycles. The first-order chi connectivity index (χ1) is 16.5. The molecule has 0 unspecified atom stereocenters. The number of hydrogen-bond acceptors (Lipinski definition) is 7. The van der Waals surface area contributed by atoms with Crippen molar-refractivity contribution in [3.05, 3.63) is 35.4 Å². The topological polar surface area (TPSA) is 72.5 Å². The molecule has 5 fully saturated rings. The maximum Gasteiger partial charge on any atom is 0.443 e. The van der Waals surface area contributed by atoms with Crippen LogP contribution in [0.2, 0.25) is 0 Å². The van der Waals surface area contributed by atoms with Gasteiger partial charge in [0.25, 0.3) is 5.79 Å². The van der Waals surface area contributed by atoms with Crippen LogP contribution in [0.1, 0.15) is 62.4 Å². The average molecular weight is 501 g/mol. The Balaban J connectivity index is 1.49. The fourth-order valence-corrected chi connectivity index (χ4v) is 6.53. The minimum atomic E-state index is -4.84. The highest BCUT2D eigenvalue weighted by molar-refractivity contribution is 5.89. The van der Waals surface area contributed by atoms with Gasteiger partial charge in [0.1, 0.15) is 0 Å². The van der Waals surface area contributed by atoms with E-state index in [4.69, 9.17) is 24.0 Å². The van der Waals surface area contributed by atoms with Crippen LogP contribution in [0.15, 0.2) is 24.3 Å². The van der Waals surface area contributed by atoms with Crippen molar-refractivity contribution in [2.75, 3.05) is 7.11 Å². The van der Waals surface area contributed by atoms with Crippen molar-refractivity contribution in [2.45, 2.75) is 82.7 Å². The van der Waals surface area contributed by atoms with Gasteiger partial charge in [-0.1, -0.05) is 26.0 Å². The predicted molar refractivity (Wildman–Crippen MR) is 114 cm³/mol. The molecule has 1 spiro atoms. The van der Waals surface area contributed by atoms with Crippen LogP contribution in [0, 0.1) is 23.7 Å². The lowest BCUT2D eigenvalue weighted by Gasteiger charge is -2.62. The Morgan fingerprint density at radius 1 is 1.06 bits per heavy atom. The molecule has 7 nitrogen and oxygen atoms in total. The molecule has 1 aromatic rings. The third-order valence-electron chi connectivity index (χ3n) is 8.48. The van der Waals surface area contributed by atoms with Crippen molar-refractivity contribution in [1.82, 2.24) is 0 Å². The zero-order chi connectivity index (χ0) is 25.2. The van der Waals surface area contributed by atoms with Crippen molar-refractivity contribution >= 4 is 5.97 Å². The molecule has 1 saturated carbocycles. The van der Waals surface area contributed by atoms with E-state index in [1.165, 1.54) is 38.3 Å². The van der Waals surface area contributed by atoms with Crippen LogP contribution >= 0.6 is 0 Å². The molecule has 0 N–H and O–H groups in total. The molecular formula is C25H31F3O7. The van der Waals surface area contributed by atoms with Gasteiger partial charge >= 0.3 is 12.1 Å². The minimum Gasteiger partial charge on any atom is -0.465 e. The molecule has 6 rings (SSSR count). The summed E-state index contributed by atoms with van der Waals surface area (Å²) in [7, 11) is 1.26. The van der Waals surface area contributed by atoms with E-state index in [9.17, 15) is 18.0 Å². The van der Waals surface area contributed by atoms with E-state index in [1.807, 2.05) is 0 Å². The van der Waals surface area contributed by atoms with Crippen molar-refractivity contribution in [1.29, 1.82) is 0 Å². The highest BCUT2D eigenvalue weighted by atomic mass is 19.4. The first kappa shape index (κ1) is 25.0. The Labute approximate surface area is 202 Å². The number of methoxy groups -OCH3 is 1. The summed E-state index contributed by atoms with van der Waals surface area (Å²) in [6.07, 6.45) is -3.63. The maximum absolute atomic E-state index is 14.8. The fourth-order valence-electron chi connectivity index (χ4n) is 6.53. The second-order valence-corrected chi connectivity index (χ2v) is 10.5. The third kappa shape index (κ3) is 3.71. The monoisotopic (exact) mass is 500 g/mol. The lowest BCUT2D eigenvalue weighted by atomic mass is 9.57. The van der Waals surface area contributed by atoms with E-state index in [0.29, 0.717) is 30.4 Å². The van der Waals surface area contributed by atoms with Crippen LogP contribution in [0.4, 0.5) is 13.2 Å². The maximum atomic E-state index is 14.8. The number of carbonyl (C=O) groups is 1. The number of carbonyl (C=O) groups excluding carboxylic acids is 1. The van der Waals surface area contributed by atoms with Gasteiger partial charge in [0.2, 0.25) is 5.79 Å². The van der Waals surface area contributed by atoms with Gasteiger partial charge in [-0.05, 0) is 55.7 Å². The van der Waals surface area contributed by atoms with E-state index in [2.05, 4.69) is 11.7 Å². The normalized spacial score (nSPS) is 42.8. The summed E-state index contributed by atoms with van der Waals surface area (Å²) in [5.41, 5.74) is -0.378. The van der Waals surface area contributed by atoms with Crippen LogP contribution in [-0.2, 0) is 35.3 Å². The molecule has 4 aliphatic heterocycles. The molecule has 1 aliphatic carbocycles. The van der Waals surface area contributed by atoms with Gasteiger partial charge in [0.15, 0.2) is 11.9 Å². The summed E-state index contributed by atoms with van der Waals surface area (Å²) in [5, 5.41) is 0. The second-order valence-electron chi connectivity index (χ2n) is 10.5. The molecular weight excluding hydrogens is 469 g/mol. The molecule has 4 heterocycles. The van der Waals surface area contributed by atoms with Crippen molar-refractivity contribution in [2.24, 2.45) is 23.7 Å². The highest BCUT2D eigenvalue weighted by Crippen LogP contribution is 2.64. The van der Waals surface area contributed by atoms with Gasteiger partial charge in [-0.3, -0.25) is 0 Å². The Hall–Kier alpha value is -1.72. The summed E-state index contributed by atoms with van der Waals surface area (Å²) in [6.45, 7) is 4.91. The van der Waals surface area contributed by atoms with Gasteiger partial charge in [-0.25, -0.2) is 14.6 Å². The lowest BCUT2D eigenvalue weighted by Crippen LogP contribution is -2.75. The fraction of sp³-hybridized carbons (Fsp3) is 0.720.